The Morgan fingerprint density at radius 2 is 2.26 bits per heavy atom. The van der Waals surface area contributed by atoms with Crippen LogP contribution in [0.3, 0.4) is 0 Å². The van der Waals surface area contributed by atoms with E-state index in [1.807, 2.05) is 6.92 Å². The Balaban J connectivity index is 2.70. The minimum Gasteiger partial charge on any atom is -0.480 e. The summed E-state index contributed by atoms with van der Waals surface area (Å²) in [5, 5.41) is 21.8. The fourth-order valence-electron chi connectivity index (χ4n) is 1.52. The second-order valence-electron chi connectivity index (χ2n) is 4.04. The lowest BCUT2D eigenvalue weighted by molar-refractivity contribution is -0.384. The van der Waals surface area contributed by atoms with E-state index in [9.17, 15) is 19.7 Å². The summed E-state index contributed by atoms with van der Waals surface area (Å²) in [6, 6.07) is 0.0726. The average molecular weight is 269 g/mol. The Morgan fingerprint density at radius 3 is 2.74 bits per heavy atom. The molecule has 0 radical (unpaired) electrons. The normalized spacial score (nSPS) is 11.8. The first-order chi connectivity index (χ1) is 8.95. The van der Waals surface area contributed by atoms with Crippen LogP contribution >= 0.6 is 0 Å². The Bertz CT molecular complexity index is 482. The maximum Gasteiger partial charge on any atom is 0.326 e. The molecule has 8 heteroatoms. The van der Waals surface area contributed by atoms with Crippen molar-refractivity contribution in [2.24, 2.45) is 0 Å². The molecule has 1 aromatic heterocycles. The SMILES string of the molecule is CCCC[C@H](NC(=O)c1cc([N+](=O)[O-])c[nH]1)C(=O)O. The van der Waals surface area contributed by atoms with Gasteiger partial charge in [-0.3, -0.25) is 14.9 Å². The van der Waals surface area contributed by atoms with Crippen LogP contribution in [0, 0.1) is 10.1 Å². The van der Waals surface area contributed by atoms with E-state index in [-0.39, 0.29) is 11.4 Å². The van der Waals surface area contributed by atoms with Gasteiger partial charge in [-0.25, -0.2) is 4.79 Å². The van der Waals surface area contributed by atoms with E-state index in [1.54, 1.807) is 0 Å². The lowest BCUT2D eigenvalue weighted by atomic mass is 10.1. The number of hydrogen-bond acceptors (Lipinski definition) is 4. The van der Waals surface area contributed by atoms with E-state index in [0.29, 0.717) is 12.8 Å². The molecule has 104 valence electrons. The number of nitrogens with zero attached hydrogens (tertiary/aromatic N) is 1. The highest BCUT2D eigenvalue weighted by molar-refractivity contribution is 5.95. The Hall–Kier alpha value is -2.38. The highest BCUT2D eigenvalue weighted by atomic mass is 16.6. The van der Waals surface area contributed by atoms with Crippen molar-refractivity contribution in [3.63, 3.8) is 0 Å². The number of unbranched alkanes of at least 4 members (excludes halogenated alkanes) is 1. The van der Waals surface area contributed by atoms with Gasteiger partial charge in [0.1, 0.15) is 11.7 Å². The number of carboxylic acids is 1. The molecule has 1 atom stereocenters. The highest BCUT2D eigenvalue weighted by Gasteiger charge is 2.22. The zero-order valence-electron chi connectivity index (χ0n) is 10.4. The van der Waals surface area contributed by atoms with Crippen molar-refractivity contribution in [1.82, 2.24) is 10.3 Å². The van der Waals surface area contributed by atoms with Gasteiger partial charge in [0.15, 0.2) is 0 Å². The molecule has 0 bridgehead atoms. The average Bonchev–Trinajstić information content (AvgIpc) is 2.83. The first-order valence-corrected chi connectivity index (χ1v) is 5.82. The molecule has 0 aliphatic carbocycles. The molecule has 1 heterocycles. The minimum atomic E-state index is -1.12. The van der Waals surface area contributed by atoms with Crippen LogP contribution in [-0.2, 0) is 4.79 Å². The number of aliphatic carboxylic acids is 1. The molecule has 0 saturated heterocycles. The second kappa shape index (κ2) is 6.53. The summed E-state index contributed by atoms with van der Waals surface area (Å²) in [6.07, 6.45) is 2.88. The fraction of sp³-hybridized carbons (Fsp3) is 0.455. The highest BCUT2D eigenvalue weighted by Crippen LogP contribution is 2.12. The van der Waals surface area contributed by atoms with Crippen LogP contribution < -0.4 is 5.32 Å². The molecule has 0 aliphatic rings. The summed E-state index contributed by atoms with van der Waals surface area (Å²) < 4.78 is 0. The topological polar surface area (TPSA) is 125 Å². The van der Waals surface area contributed by atoms with E-state index in [2.05, 4.69) is 10.3 Å². The monoisotopic (exact) mass is 269 g/mol. The fourth-order valence-corrected chi connectivity index (χ4v) is 1.52. The molecular formula is C11H15N3O5. The van der Waals surface area contributed by atoms with Crippen LogP contribution in [0.4, 0.5) is 5.69 Å². The summed E-state index contributed by atoms with van der Waals surface area (Å²) in [5.41, 5.74) is -0.278. The van der Waals surface area contributed by atoms with Gasteiger partial charge in [0.25, 0.3) is 11.6 Å². The quantitative estimate of drug-likeness (QED) is 0.508. The molecule has 8 nitrogen and oxygen atoms in total. The maximum absolute atomic E-state index is 11.7. The molecule has 3 N–H and O–H groups in total. The van der Waals surface area contributed by atoms with Crippen molar-refractivity contribution in [2.75, 3.05) is 0 Å². The standard InChI is InChI=1S/C11H15N3O5/c1-2-3-4-8(11(16)17)13-10(15)9-5-7(6-12-9)14(18)19/h5-6,8,12H,2-4H2,1H3,(H,13,15)(H,16,17)/t8-/m0/s1. The van der Waals surface area contributed by atoms with Gasteiger partial charge < -0.3 is 15.4 Å². The molecule has 0 aliphatic heterocycles. The predicted octanol–water partition coefficient (Wildman–Crippen LogP) is 1.30. The van der Waals surface area contributed by atoms with Crippen LogP contribution in [0.15, 0.2) is 12.3 Å². The van der Waals surface area contributed by atoms with Gasteiger partial charge in [0.2, 0.25) is 0 Å². The van der Waals surface area contributed by atoms with E-state index < -0.39 is 22.8 Å². The first kappa shape index (κ1) is 14.7. The maximum atomic E-state index is 11.7. The number of nitrogens with one attached hydrogen (secondary N) is 2. The summed E-state index contributed by atoms with van der Waals surface area (Å²) in [7, 11) is 0. The third-order valence-corrected chi connectivity index (χ3v) is 2.57. The summed E-state index contributed by atoms with van der Waals surface area (Å²) in [4.78, 5) is 35.0. The zero-order valence-corrected chi connectivity index (χ0v) is 10.4. The number of hydrogen-bond donors (Lipinski definition) is 3. The Labute approximate surface area is 109 Å². The van der Waals surface area contributed by atoms with E-state index in [1.165, 1.54) is 0 Å². The lowest BCUT2D eigenvalue weighted by Gasteiger charge is -2.13. The number of aromatic nitrogens is 1. The predicted molar refractivity (Wildman–Crippen MR) is 65.9 cm³/mol. The number of aromatic amines is 1. The van der Waals surface area contributed by atoms with Gasteiger partial charge in [-0.05, 0) is 6.42 Å². The number of carbonyl (C=O) groups is 2. The van der Waals surface area contributed by atoms with Gasteiger partial charge >= 0.3 is 5.97 Å². The van der Waals surface area contributed by atoms with Crippen LogP contribution in [0.1, 0.15) is 36.7 Å². The molecule has 1 aromatic rings. The molecule has 1 rings (SSSR count). The molecule has 0 fully saturated rings. The number of rotatable bonds is 7. The van der Waals surface area contributed by atoms with Crippen molar-refractivity contribution in [3.8, 4) is 0 Å². The van der Waals surface area contributed by atoms with Gasteiger partial charge in [-0.2, -0.15) is 0 Å². The van der Waals surface area contributed by atoms with Gasteiger partial charge in [-0.1, -0.05) is 19.8 Å². The van der Waals surface area contributed by atoms with Gasteiger partial charge in [-0.15, -0.1) is 0 Å². The molecule has 1 amide bonds. The number of carboxylic acid groups (broad SMARTS) is 1. The number of H-pyrrole nitrogens is 1. The first-order valence-electron chi connectivity index (χ1n) is 5.82. The van der Waals surface area contributed by atoms with Crippen LogP contribution in [-0.4, -0.2) is 32.9 Å². The van der Waals surface area contributed by atoms with Crippen molar-refractivity contribution in [1.29, 1.82) is 0 Å². The van der Waals surface area contributed by atoms with Crippen LogP contribution in [0.25, 0.3) is 0 Å². The molecule has 0 spiro atoms. The minimum absolute atomic E-state index is 0.0329. The molecular weight excluding hydrogens is 254 g/mol. The van der Waals surface area contributed by atoms with Gasteiger partial charge in [0, 0.05) is 6.07 Å². The number of nitro groups is 1. The van der Waals surface area contributed by atoms with Crippen molar-refractivity contribution >= 4 is 17.6 Å². The van der Waals surface area contributed by atoms with Crippen molar-refractivity contribution < 1.29 is 19.6 Å². The van der Waals surface area contributed by atoms with Crippen molar-refractivity contribution in [2.45, 2.75) is 32.2 Å². The third kappa shape index (κ3) is 4.09. The summed E-state index contributed by atoms with van der Waals surface area (Å²) in [6.45, 7) is 1.91. The van der Waals surface area contributed by atoms with E-state index in [4.69, 9.17) is 5.11 Å². The Morgan fingerprint density at radius 1 is 1.58 bits per heavy atom. The van der Waals surface area contributed by atoms with Crippen molar-refractivity contribution in [3.05, 3.63) is 28.1 Å². The largest absolute Gasteiger partial charge is 0.480 e. The molecule has 0 saturated carbocycles. The molecule has 0 unspecified atom stereocenters. The third-order valence-electron chi connectivity index (χ3n) is 2.57. The summed E-state index contributed by atoms with van der Waals surface area (Å²) in [5.74, 6) is -1.79. The number of carbonyl (C=O) groups excluding carboxylic acids is 1. The smallest absolute Gasteiger partial charge is 0.326 e. The van der Waals surface area contributed by atoms with Crippen LogP contribution in [0.2, 0.25) is 0 Å². The summed E-state index contributed by atoms with van der Waals surface area (Å²) >= 11 is 0. The van der Waals surface area contributed by atoms with Crippen LogP contribution in [0.5, 0.6) is 0 Å². The Kier molecular flexibility index (Phi) is 5.04. The van der Waals surface area contributed by atoms with Gasteiger partial charge in [0.05, 0.1) is 11.1 Å². The second-order valence-corrected chi connectivity index (χ2v) is 4.04. The zero-order chi connectivity index (χ0) is 14.4. The lowest BCUT2D eigenvalue weighted by Crippen LogP contribution is -2.40. The van der Waals surface area contributed by atoms with E-state index in [0.717, 1.165) is 18.7 Å². The number of amides is 1. The molecule has 19 heavy (non-hydrogen) atoms. The molecule has 0 aromatic carbocycles. The van der Waals surface area contributed by atoms with E-state index >= 15 is 0 Å².